The van der Waals surface area contributed by atoms with Crippen molar-refractivity contribution in [3.63, 3.8) is 0 Å². The van der Waals surface area contributed by atoms with Gasteiger partial charge in [-0.25, -0.2) is 0 Å². The second kappa shape index (κ2) is 8.97. The Morgan fingerprint density at radius 3 is 1.33 bits per heavy atom. The fourth-order valence-electron chi connectivity index (χ4n) is 0.711. The molecule has 0 fully saturated rings. The van der Waals surface area contributed by atoms with E-state index in [0.29, 0.717) is 0 Å². The molecule has 0 rings (SSSR count). The zero-order chi connectivity index (χ0) is 9.40. The number of halogens is 4. The van der Waals surface area contributed by atoms with Gasteiger partial charge in [-0.2, -0.15) is 0 Å². The largest absolute Gasteiger partial charge is 0.0632 e. The fourth-order valence-corrected chi connectivity index (χ4v) is 1.63. The van der Waals surface area contributed by atoms with E-state index in [4.69, 9.17) is 0 Å². The molecule has 0 aromatic carbocycles. The maximum atomic E-state index is 3.32. The van der Waals surface area contributed by atoms with Crippen LogP contribution in [0.4, 0.5) is 0 Å². The van der Waals surface area contributed by atoms with Crippen molar-refractivity contribution >= 4 is 63.7 Å². The van der Waals surface area contributed by atoms with E-state index in [9.17, 15) is 0 Å². The van der Waals surface area contributed by atoms with Gasteiger partial charge in [0.1, 0.15) is 0 Å². The molecule has 0 aliphatic heterocycles. The van der Waals surface area contributed by atoms with Gasteiger partial charge in [0.15, 0.2) is 0 Å². The lowest BCUT2D eigenvalue weighted by Crippen LogP contribution is -1.72. The topological polar surface area (TPSA) is 0 Å². The summed E-state index contributed by atoms with van der Waals surface area (Å²) in [4.78, 5) is 0. The average molecular weight is 426 g/mol. The summed E-state index contributed by atoms with van der Waals surface area (Å²) in [7, 11) is 0. The number of hydrogen-bond donors (Lipinski definition) is 0. The highest BCUT2D eigenvalue weighted by Crippen LogP contribution is 2.17. The van der Waals surface area contributed by atoms with E-state index in [1.807, 2.05) is 0 Å². The second-order valence-electron chi connectivity index (χ2n) is 2.27. The third kappa shape index (κ3) is 11.4. The van der Waals surface area contributed by atoms with Gasteiger partial charge < -0.3 is 0 Å². The summed E-state index contributed by atoms with van der Waals surface area (Å²) in [6.45, 7) is 0. The minimum Gasteiger partial charge on any atom is -0.0632 e. The standard InChI is InChI=1S/C8H10Br4/c9-7(10)5-3-1-2-4-6-8(11)12/h5-6H,1-4H2. The smallest absolute Gasteiger partial charge is 0.0564 e. The molecular weight excluding hydrogens is 416 g/mol. The molecule has 0 N–H and O–H groups in total. The molecule has 0 aliphatic carbocycles. The van der Waals surface area contributed by atoms with Crippen molar-refractivity contribution in [2.24, 2.45) is 0 Å². The summed E-state index contributed by atoms with van der Waals surface area (Å²) in [6.07, 6.45) is 8.97. The van der Waals surface area contributed by atoms with Crippen LogP contribution in [0.1, 0.15) is 25.7 Å². The lowest BCUT2D eigenvalue weighted by atomic mass is 10.2. The van der Waals surface area contributed by atoms with Gasteiger partial charge in [-0.1, -0.05) is 12.2 Å². The molecule has 0 atom stereocenters. The van der Waals surface area contributed by atoms with Crippen LogP contribution in [-0.4, -0.2) is 0 Å². The molecule has 0 bridgehead atoms. The van der Waals surface area contributed by atoms with Crippen LogP contribution in [0.5, 0.6) is 0 Å². The molecule has 4 heteroatoms. The molecule has 0 saturated heterocycles. The summed E-state index contributed by atoms with van der Waals surface area (Å²) in [6, 6.07) is 0. The van der Waals surface area contributed by atoms with Crippen LogP contribution in [0, 0.1) is 0 Å². The Hall–Kier alpha value is 1.40. The number of allylic oxidation sites excluding steroid dienone is 2. The van der Waals surface area contributed by atoms with Crippen LogP contribution in [0.25, 0.3) is 0 Å². The summed E-state index contributed by atoms with van der Waals surface area (Å²) < 4.78 is 2.10. The van der Waals surface area contributed by atoms with Crippen LogP contribution in [0.2, 0.25) is 0 Å². The normalized spacial score (nSPS) is 9.33. The lowest BCUT2D eigenvalue weighted by Gasteiger charge is -1.93. The molecule has 70 valence electrons. The maximum absolute atomic E-state index is 3.32. The molecule has 0 aromatic heterocycles. The van der Waals surface area contributed by atoms with Crippen molar-refractivity contribution in [3.8, 4) is 0 Å². The zero-order valence-electron chi connectivity index (χ0n) is 6.49. The Kier molecular flexibility index (Phi) is 10.0. The SMILES string of the molecule is BrC(Br)=CCCCCC=C(Br)Br. The van der Waals surface area contributed by atoms with Gasteiger partial charge in [0, 0.05) is 0 Å². The van der Waals surface area contributed by atoms with Gasteiger partial charge in [0.2, 0.25) is 0 Å². The predicted octanol–water partition coefficient (Wildman–Crippen LogP) is 5.81. The van der Waals surface area contributed by atoms with Crippen LogP contribution in [-0.2, 0) is 0 Å². The van der Waals surface area contributed by atoms with Crippen molar-refractivity contribution in [3.05, 3.63) is 18.9 Å². The number of unbranched alkanes of at least 4 members (excludes halogenated alkanes) is 3. The fraction of sp³-hybridized carbons (Fsp3) is 0.500. The van der Waals surface area contributed by atoms with Gasteiger partial charge in [0.05, 0.1) is 6.78 Å². The molecule has 0 radical (unpaired) electrons. The van der Waals surface area contributed by atoms with Crippen molar-refractivity contribution in [2.75, 3.05) is 0 Å². The molecular formula is C8H10Br4. The van der Waals surface area contributed by atoms with Gasteiger partial charge in [-0.05, 0) is 89.4 Å². The van der Waals surface area contributed by atoms with Crippen molar-refractivity contribution in [1.29, 1.82) is 0 Å². The lowest BCUT2D eigenvalue weighted by molar-refractivity contribution is 0.763. The molecule has 0 saturated carbocycles. The van der Waals surface area contributed by atoms with Gasteiger partial charge >= 0.3 is 0 Å². The third-order valence-corrected chi connectivity index (χ3v) is 2.55. The Labute approximate surface area is 107 Å². The quantitative estimate of drug-likeness (QED) is 0.488. The molecule has 0 aromatic rings. The van der Waals surface area contributed by atoms with Crippen LogP contribution >= 0.6 is 63.7 Å². The molecule has 0 amide bonds. The molecule has 0 unspecified atom stereocenters. The van der Waals surface area contributed by atoms with E-state index in [-0.39, 0.29) is 0 Å². The van der Waals surface area contributed by atoms with E-state index in [1.165, 1.54) is 12.8 Å². The Bertz CT molecular complexity index is 144. The summed E-state index contributed by atoms with van der Waals surface area (Å²) >= 11 is 13.3. The van der Waals surface area contributed by atoms with E-state index in [1.54, 1.807) is 0 Å². The van der Waals surface area contributed by atoms with Crippen molar-refractivity contribution in [1.82, 2.24) is 0 Å². The highest BCUT2D eigenvalue weighted by Gasteiger charge is 1.87. The van der Waals surface area contributed by atoms with Crippen LogP contribution in [0.3, 0.4) is 0 Å². The summed E-state index contributed by atoms with van der Waals surface area (Å²) in [5, 5.41) is 0. The Morgan fingerprint density at radius 1 is 0.750 bits per heavy atom. The van der Waals surface area contributed by atoms with E-state index < -0.39 is 0 Å². The highest BCUT2D eigenvalue weighted by atomic mass is 79.9. The number of hydrogen-bond acceptors (Lipinski definition) is 0. The Balaban J connectivity index is 3.23. The van der Waals surface area contributed by atoms with E-state index in [0.717, 1.165) is 19.6 Å². The zero-order valence-corrected chi connectivity index (χ0v) is 12.8. The van der Waals surface area contributed by atoms with Crippen LogP contribution < -0.4 is 0 Å². The minimum absolute atomic E-state index is 1.05. The first-order valence-corrected chi connectivity index (χ1v) is 6.82. The maximum Gasteiger partial charge on any atom is 0.0564 e. The molecule has 12 heavy (non-hydrogen) atoms. The first-order chi connectivity index (χ1) is 5.63. The first kappa shape index (κ1) is 13.4. The molecule has 0 nitrogen and oxygen atoms in total. The highest BCUT2D eigenvalue weighted by molar-refractivity contribution is 9.28. The van der Waals surface area contributed by atoms with E-state index >= 15 is 0 Å². The summed E-state index contributed by atoms with van der Waals surface area (Å²) in [5.74, 6) is 0. The van der Waals surface area contributed by atoms with Gasteiger partial charge in [-0.15, -0.1) is 0 Å². The summed E-state index contributed by atoms with van der Waals surface area (Å²) in [5.41, 5.74) is 0. The van der Waals surface area contributed by atoms with Gasteiger partial charge in [-0.3, -0.25) is 0 Å². The van der Waals surface area contributed by atoms with Gasteiger partial charge in [0.25, 0.3) is 0 Å². The molecule has 0 aliphatic rings. The van der Waals surface area contributed by atoms with E-state index in [2.05, 4.69) is 75.9 Å². The third-order valence-electron chi connectivity index (χ3n) is 1.26. The minimum atomic E-state index is 1.05. The van der Waals surface area contributed by atoms with Crippen molar-refractivity contribution < 1.29 is 0 Å². The average Bonchev–Trinajstić information content (AvgIpc) is 1.95. The first-order valence-electron chi connectivity index (χ1n) is 3.65. The monoisotopic (exact) mass is 422 g/mol. The van der Waals surface area contributed by atoms with Crippen LogP contribution in [0.15, 0.2) is 18.9 Å². The van der Waals surface area contributed by atoms with Crippen molar-refractivity contribution in [2.45, 2.75) is 25.7 Å². The Morgan fingerprint density at radius 2 is 1.08 bits per heavy atom. The molecule has 0 heterocycles. The molecule has 0 spiro atoms. The second-order valence-corrected chi connectivity index (χ2v) is 7.82. The number of rotatable bonds is 5. The predicted molar refractivity (Wildman–Crippen MR) is 70.3 cm³/mol.